The van der Waals surface area contributed by atoms with Gasteiger partial charge in [-0.15, -0.1) is 0 Å². The van der Waals surface area contributed by atoms with Gasteiger partial charge in [0, 0.05) is 7.05 Å². The maximum Gasteiger partial charge on any atom is 0.362 e. The summed E-state index contributed by atoms with van der Waals surface area (Å²) in [5, 5.41) is 9.14. The Morgan fingerprint density at radius 2 is 2.23 bits per heavy atom. The van der Waals surface area contributed by atoms with E-state index in [-0.39, 0.29) is 11.6 Å². The van der Waals surface area contributed by atoms with Crippen LogP contribution in [0.2, 0.25) is 0 Å². The van der Waals surface area contributed by atoms with Crippen molar-refractivity contribution >= 4 is 5.97 Å². The van der Waals surface area contributed by atoms with Gasteiger partial charge < -0.3 is 20.1 Å². The van der Waals surface area contributed by atoms with E-state index in [1.807, 2.05) is 0 Å². The Hall–Kier alpha value is -1.56. The Labute approximate surface area is 75.9 Å². The van der Waals surface area contributed by atoms with Gasteiger partial charge in [0.15, 0.2) is 0 Å². The van der Waals surface area contributed by atoms with Crippen molar-refractivity contribution < 1.29 is 20.4 Å². The number of nitrogens with zero attached hydrogens (tertiary/aromatic N) is 2. The third-order valence-corrected chi connectivity index (χ3v) is 1.28. The SMILES string of the molecule is COC(=O)c1ncn(C)c1O.C[NH3+]. The number of carbonyl (C=O) groups excluding carboxylic acids is 1. The lowest BCUT2D eigenvalue weighted by Crippen LogP contribution is -2.40. The summed E-state index contributed by atoms with van der Waals surface area (Å²) in [7, 11) is 4.56. The molecular formula is C7H14N3O3+. The molecule has 0 saturated heterocycles. The van der Waals surface area contributed by atoms with Gasteiger partial charge in [-0.25, -0.2) is 9.78 Å². The maximum atomic E-state index is 10.8. The first kappa shape index (κ1) is 11.4. The van der Waals surface area contributed by atoms with Crippen LogP contribution in [0.15, 0.2) is 6.33 Å². The van der Waals surface area contributed by atoms with Crippen molar-refractivity contribution in [2.45, 2.75) is 0 Å². The Kier molecular flexibility index (Phi) is 4.53. The van der Waals surface area contributed by atoms with Crippen LogP contribution in [0.1, 0.15) is 10.5 Å². The smallest absolute Gasteiger partial charge is 0.362 e. The van der Waals surface area contributed by atoms with Crippen LogP contribution in [0, 0.1) is 0 Å². The molecule has 74 valence electrons. The molecule has 0 unspecified atom stereocenters. The largest absolute Gasteiger partial charge is 0.493 e. The molecule has 0 aliphatic heterocycles. The van der Waals surface area contributed by atoms with Gasteiger partial charge in [0.25, 0.3) is 0 Å². The zero-order valence-corrected chi connectivity index (χ0v) is 7.94. The monoisotopic (exact) mass is 188 g/mol. The molecule has 0 saturated carbocycles. The molecule has 0 amide bonds. The minimum absolute atomic E-state index is 0.0602. The Bertz CT molecular complexity index is 283. The zero-order valence-electron chi connectivity index (χ0n) is 7.94. The van der Waals surface area contributed by atoms with Gasteiger partial charge in [-0.3, -0.25) is 0 Å². The molecule has 1 heterocycles. The average Bonchev–Trinajstić information content (AvgIpc) is 2.50. The molecule has 0 aromatic carbocycles. The van der Waals surface area contributed by atoms with Gasteiger partial charge in [0.1, 0.15) is 0 Å². The van der Waals surface area contributed by atoms with Crippen molar-refractivity contribution in [3.8, 4) is 5.88 Å². The summed E-state index contributed by atoms with van der Waals surface area (Å²) < 4.78 is 5.68. The lowest BCUT2D eigenvalue weighted by molar-refractivity contribution is -0.325. The number of hydrogen-bond acceptors (Lipinski definition) is 4. The topological polar surface area (TPSA) is 92.0 Å². The number of esters is 1. The van der Waals surface area contributed by atoms with E-state index in [4.69, 9.17) is 5.11 Å². The van der Waals surface area contributed by atoms with Crippen LogP contribution < -0.4 is 5.73 Å². The average molecular weight is 188 g/mol. The Morgan fingerprint density at radius 1 is 1.69 bits per heavy atom. The molecule has 13 heavy (non-hydrogen) atoms. The van der Waals surface area contributed by atoms with E-state index in [2.05, 4.69) is 15.5 Å². The number of quaternary nitrogens is 1. The maximum absolute atomic E-state index is 10.8. The summed E-state index contributed by atoms with van der Waals surface area (Å²) in [6.07, 6.45) is 1.33. The molecule has 6 nitrogen and oxygen atoms in total. The summed E-state index contributed by atoms with van der Waals surface area (Å²) in [6, 6.07) is 0. The highest BCUT2D eigenvalue weighted by molar-refractivity contribution is 5.89. The quantitative estimate of drug-likeness (QED) is 0.540. The molecule has 0 radical (unpaired) electrons. The number of rotatable bonds is 1. The van der Waals surface area contributed by atoms with E-state index in [1.54, 1.807) is 14.1 Å². The van der Waals surface area contributed by atoms with Crippen LogP contribution in [0.5, 0.6) is 5.88 Å². The van der Waals surface area contributed by atoms with Crippen molar-refractivity contribution in [3.63, 3.8) is 0 Å². The van der Waals surface area contributed by atoms with Crippen molar-refractivity contribution in [2.24, 2.45) is 7.05 Å². The van der Waals surface area contributed by atoms with E-state index in [9.17, 15) is 4.79 Å². The van der Waals surface area contributed by atoms with Gasteiger partial charge in [-0.05, 0) is 0 Å². The molecular weight excluding hydrogens is 174 g/mol. The molecule has 1 aromatic rings. The van der Waals surface area contributed by atoms with Crippen molar-refractivity contribution in [2.75, 3.05) is 14.2 Å². The van der Waals surface area contributed by atoms with E-state index < -0.39 is 5.97 Å². The highest BCUT2D eigenvalue weighted by Crippen LogP contribution is 2.13. The fourth-order valence-corrected chi connectivity index (χ4v) is 0.664. The summed E-state index contributed by atoms with van der Waals surface area (Å²) in [5.74, 6) is -0.819. The van der Waals surface area contributed by atoms with Crippen molar-refractivity contribution in [3.05, 3.63) is 12.0 Å². The van der Waals surface area contributed by atoms with E-state index in [0.29, 0.717) is 0 Å². The molecule has 0 aliphatic rings. The predicted octanol–water partition coefficient (Wildman–Crippen LogP) is -1.23. The fraction of sp³-hybridized carbons (Fsp3) is 0.429. The van der Waals surface area contributed by atoms with Gasteiger partial charge in [0.05, 0.1) is 20.5 Å². The van der Waals surface area contributed by atoms with Crippen molar-refractivity contribution in [1.29, 1.82) is 0 Å². The molecule has 6 heteroatoms. The standard InChI is InChI=1S/C6H8N2O3.CH5N/c1-8-3-7-4(5(8)9)6(10)11-2;1-2/h3,9H,1-2H3;2H2,1H3/p+1. The van der Waals surface area contributed by atoms with Crippen LogP contribution >= 0.6 is 0 Å². The fourth-order valence-electron chi connectivity index (χ4n) is 0.664. The van der Waals surface area contributed by atoms with E-state index in [1.165, 1.54) is 18.0 Å². The Morgan fingerprint density at radius 3 is 2.54 bits per heavy atom. The summed E-state index contributed by atoms with van der Waals surface area (Å²) >= 11 is 0. The second kappa shape index (κ2) is 5.15. The minimum Gasteiger partial charge on any atom is -0.493 e. The molecule has 1 rings (SSSR count). The first-order valence-electron chi connectivity index (χ1n) is 3.66. The number of ether oxygens (including phenoxy) is 1. The highest BCUT2D eigenvalue weighted by atomic mass is 16.5. The predicted molar refractivity (Wildman–Crippen MR) is 45.0 cm³/mol. The number of hydrogen-bond donors (Lipinski definition) is 2. The number of aromatic nitrogens is 2. The second-order valence-corrected chi connectivity index (χ2v) is 2.02. The minimum atomic E-state index is -0.636. The third-order valence-electron chi connectivity index (χ3n) is 1.28. The lowest BCUT2D eigenvalue weighted by Gasteiger charge is -1.95. The molecule has 0 aliphatic carbocycles. The van der Waals surface area contributed by atoms with Gasteiger partial charge in [0.2, 0.25) is 11.6 Å². The van der Waals surface area contributed by atoms with Crippen LogP contribution in [0.4, 0.5) is 0 Å². The summed E-state index contributed by atoms with van der Waals surface area (Å²) in [5.41, 5.74) is 3.19. The number of carbonyl (C=O) groups is 1. The van der Waals surface area contributed by atoms with Gasteiger partial charge in [-0.1, -0.05) is 0 Å². The lowest BCUT2D eigenvalue weighted by atomic mass is 10.5. The molecule has 1 aromatic heterocycles. The first-order chi connectivity index (χ1) is 6.16. The molecule has 0 atom stereocenters. The highest BCUT2D eigenvalue weighted by Gasteiger charge is 2.15. The van der Waals surface area contributed by atoms with Crippen molar-refractivity contribution in [1.82, 2.24) is 9.55 Å². The Balaban J connectivity index is 0.000000671. The van der Waals surface area contributed by atoms with Gasteiger partial charge in [-0.2, -0.15) is 0 Å². The second-order valence-electron chi connectivity index (χ2n) is 2.02. The van der Waals surface area contributed by atoms with E-state index in [0.717, 1.165) is 0 Å². The van der Waals surface area contributed by atoms with E-state index >= 15 is 0 Å². The third kappa shape index (κ3) is 2.45. The number of aromatic hydroxyl groups is 1. The molecule has 0 bridgehead atoms. The van der Waals surface area contributed by atoms with Crippen LogP contribution in [0.3, 0.4) is 0 Å². The van der Waals surface area contributed by atoms with Crippen LogP contribution in [0.25, 0.3) is 0 Å². The summed E-state index contributed by atoms with van der Waals surface area (Å²) in [6.45, 7) is 0. The molecule has 4 N–H and O–H groups in total. The van der Waals surface area contributed by atoms with Crippen LogP contribution in [-0.2, 0) is 11.8 Å². The molecule has 0 spiro atoms. The number of methoxy groups -OCH3 is 1. The summed E-state index contributed by atoms with van der Waals surface area (Å²) in [4.78, 5) is 14.4. The van der Waals surface area contributed by atoms with Crippen LogP contribution in [-0.4, -0.2) is 34.8 Å². The van der Waals surface area contributed by atoms with Gasteiger partial charge >= 0.3 is 5.97 Å². The normalized spacial score (nSPS) is 8.62. The first-order valence-corrected chi connectivity index (χ1v) is 3.66. The number of imidazole rings is 1. The zero-order chi connectivity index (χ0) is 10.4. The molecule has 0 fully saturated rings. The number of aryl methyl sites for hydroxylation is 1.